The van der Waals surface area contributed by atoms with Gasteiger partial charge in [0.2, 0.25) is 0 Å². The number of fused-ring (bicyclic) bond motifs is 3. The van der Waals surface area contributed by atoms with Crippen LogP contribution < -0.4 is 10.3 Å². The van der Waals surface area contributed by atoms with Crippen LogP contribution in [0.5, 0.6) is 0 Å². The van der Waals surface area contributed by atoms with Crippen LogP contribution in [0.1, 0.15) is 46.3 Å². The third kappa shape index (κ3) is 3.48. The molecule has 5 rings (SSSR count). The van der Waals surface area contributed by atoms with Gasteiger partial charge in [0.1, 0.15) is 6.07 Å². The van der Waals surface area contributed by atoms with E-state index in [-0.39, 0.29) is 6.04 Å². The highest BCUT2D eigenvalue weighted by Crippen LogP contribution is 2.43. The van der Waals surface area contributed by atoms with Crippen LogP contribution in [-0.4, -0.2) is 35.9 Å². The third-order valence-electron chi connectivity index (χ3n) is 6.82. The molecule has 2 aliphatic heterocycles. The van der Waals surface area contributed by atoms with E-state index >= 15 is 0 Å². The molecule has 0 saturated carbocycles. The minimum Gasteiger partial charge on any atom is -0.478 e. The van der Waals surface area contributed by atoms with Crippen LogP contribution in [0.3, 0.4) is 0 Å². The Hall–Kier alpha value is -2.88. The summed E-state index contributed by atoms with van der Waals surface area (Å²) in [5, 5.41) is 29.7. The Morgan fingerprint density at radius 1 is 1.19 bits per heavy atom. The second-order valence-electron chi connectivity index (χ2n) is 8.51. The predicted molar refractivity (Wildman–Crippen MR) is 120 cm³/mol. The first-order valence-corrected chi connectivity index (χ1v) is 11.1. The van der Waals surface area contributed by atoms with Gasteiger partial charge in [-0.2, -0.15) is 10.4 Å². The Bertz CT molecular complexity index is 1120. The van der Waals surface area contributed by atoms with Gasteiger partial charge in [0.05, 0.1) is 33.6 Å². The van der Waals surface area contributed by atoms with Crippen LogP contribution in [0.4, 0.5) is 5.69 Å². The molecule has 0 radical (unpaired) electrons. The fourth-order valence-corrected chi connectivity index (χ4v) is 5.54. The van der Waals surface area contributed by atoms with Crippen molar-refractivity contribution in [3.05, 3.63) is 63.7 Å². The molecule has 2 aromatic rings. The van der Waals surface area contributed by atoms with E-state index < -0.39 is 5.97 Å². The number of aromatic carboxylic acids is 1. The molecule has 2 aromatic carbocycles. The maximum Gasteiger partial charge on any atom is 0.335 e. The van der Waals surface area contributed by atoms with Crippen molar-refractivity contribution in [2.45, 2.75) is 31.7 Å². The number of rotatable bonds is 3. The van der Waals surface area contributed by atoms with Crippen molar-refractivity contribution < 1.29 is 9.90 Å². The summed E-state index contributed by atoms with van der Waals surface area (Å²) in [5.41, 5.74) is 4.84. The number of aryl methyl sites for hydroxylation is 1. The van der Waals surface area contributed by atoms with Gasteiger partial charge in [-0.15, -0.1) is 0 Å². The van der Waals surface area contributed by atoms with Crippen LogP contribution in [0.2, 0.25) is 5.02 Å². The molecule has 2 atom stereocenters. The quantitative estimate of drug-likeness (QED) is 0.760. The molecule has 158 valence electrons. The van der Waals surface area contributed by atoms with Crippen LogP contribution >= 0.6 is 11.6 Å². The van der Waals surface area contributed by atoms with Gasteiger partial charge in [0.25, 0.3) is 0 Å². The zero-order chi connectivity index (χ0) is 21.5. The topological polar surface area (TPSA) is 88.7 Å². The molecule has 0 bridgehead atoms. The van der Waals surface area contributed by atoms with Crippen molar-refractivity contribution in [3.63, 3.8) is 0 Å². The largest absolute Gasteiger partial charge is 0.478 e. The molecular formula is C24H23ClN4O2. The predicted octanol–water partition coefficient (Wildman–Crippen LogP) is 4.06. The summed E-state index contributed by atoms with van der Waals surface area (Å²) < 4.78 is 0. The third-order valence-corrected chi connectivity index (χ3v) is 7.13. The second kappa shape index (κ2) is 7.99. The molecule has 3 aliphatic rings. The molecule has 31 heavy (non-hydrogen) atoms. The van der Waals surface area contributed by atoms with Crippen molar-refractivity contribution in [1.82, 2.24) is 5.32 Å². The highest BCUT2D eigenvalue weighted by atomic mass is 35.5. The Morgan fingerprint density at radius 3 is 2.71 bits per heavy atom. The lowest BCUT2D eigenvalue weighted by Gasteiger charge is -2.38. The van der Waals surface area contributed by atoms with E-state index in [0.29, 0.717) is 28.0 Å². The average Bonchev–Trinajstić information content (AvgIpc) is 3.19. The first kappa shape index (κ1) is 20.0. The fourth-order valence-electron chi connectivity index (χ4n) is 5.33. The fraction of sp³-hybridized carbons (Fsp3) is 0.375. The van der Waals surface area contributed by atoms with Gasteiger partial charge in [-0.25, -0.2) is 4.79 Å². The minimum atomic E-state index is -0.903. The zero-order valence-electron chi connectivity index (χ0n) is 17.0. The van der Waals surface area contributed by atoms with E-state index in [2.05, 4.69) is 16.4 Å². The van der Waals surface area contributed by atoms with Crippen LogP contribution in [0.25, 0.3) is 0 Å². The highest BCUT2D eigenvalue weighted by molar-refractivity contribution is 6.32. The number of hydrogen-bond acceptors (Lipinski definition) is 5. The standard InChI is InChI=1S/C24H23ClN4O2/c25-21-12-18(4-1-17(21)13-26)29-23(14-7-9-27-10-8-14)20-6-2-15-11-16(24(30)31)3-5-19(15)22(20)28-29/h1,3-5,11-12,14,20,23,27H,2,6-10H2,(H,30,31). The number of nitrogens with zero attached hydrogens (tertiary/aromatic N) is 3. The molecule has 2 heterocycles. The van der Waals surface area contributed by atoms with Gasteiger partial charge in [0.15, 0.2) is 0 Å². The zero-order valence-corrected chi connectivity index (χ0v) is 17.8. The van der Waals surface area contributed by atoms with E-state index in [4.69, 9.17) is 16.7 Å². The van der Waals surface area contributed by atoms with Crippen molar-refractivity contribution in [2.75, 3.05) is 18.1 Å². The molecule has 0 amide bonds. The lowest BCUT2D eigenvalue weighted by molar-refractivity contribution is 0.0696. The SMILES string of the molecule is N#Cc1ccc(N2N=C3c4ccc(C(=O)O)cc4CCC3C2C2CCNCC2)cc1Cl. The van der Waals surface area contributed by atoms with Crippen molar-refractivity contribution in [2.24, 2.45) is 16.9 Å². The second-order valence-corrected chi connectivity index (χ2v) is 8.91. The first-order valence-electron chi connectivity index (χ1n) is 10.7. The Labute approximate surface area is 186 Å². The summed E-state index contributed by atoms with van der Waals surface area (Å²) in [4.78, 5) is 11.4. The van der Waals surface area contributed by atoms with E-state index in [1.165, 1.54) is 0 Å². The summed E-state index contributed by atoms with van der Waals surface area (Å²) in [6.07, 6.45) is 3.98. The summed E-state index contributed by atoms with van der Waals surface area (Å²) in [5.74, 6) is -0.109. The molecule has 1 fully saturated rings. The summed E-state index contributed by atoms with van der Waals surface area (Å²) in [6.45, 7) is 2.01. The Kier molecular flexibility index (Phi) is 5.17. The summed E-state index contributed by atoms with van der Waals surface area (Å²) in [6, 6.07) is 13.2. The van der Waals surface area contributed by atoms with Crippen molar-refractivity contribution in [1.29, 1.82) is 5.26 Å². The number of halogens is 1. The molecule has 1 aliphatic carbocycles. The number of nitriles is 1. The maximum absolute atomic E-state index is 11.4. The van der Waals surface area contributed by atoms with Gasteiger partial charge < -0.3 is 10.4 Å². The molecule has 1 saturated heterocycles. The summed E-state index contributed by atoms with van der Waals surface area (Å²) >= 11 is 6.36. The molecule has 2 N–H and O–H groups in total. The van der Waals surface area contributed by atoms with E-state index in [9.17, 15) is 15.2 Å². The molecule has 0 spiro atoms. The minimum absolute atomic E-state index is 0.230. The van der Waals surface area contributed by atoms with Crippen molar-refractivity contribution >= 4 is 29.0 Å². The number of nitrogens with one attached hydrogen (secondary N) is 1. The number of carbonyl (C=O) groups is 1. The van der Waals surface area contributed by atoms with E-state index in [0.717, 1.165) is 61.3 Å². The first-order chi connectivity index (χ1) is 15.1. The van der Waals surface area contributed by atoms with Gasteiger partial charge in [-0.05, 0) is 80.6 Å². The van der Waals surface area contributed by atoms with Crippen LogP contribution in [0.15, 0.2) is 41.5 Å². The molecule has 7 heteroatoms. The smallest absolute Gasteiger partial charge is 0.335 e. The number of benzene rings is 2. The number of anilines is 1. The molecule has 0 aromatic heterocycles. The number of piperidine rings is 1. The normalized spacial score (nSPS) is 23.0. The van der Waals surface area contributed by atoms with Crippen LogP contribution in [0, 0.1) is 23.2 Å². The number of carboxylic acids is 1. The average molecular weight is 435 g/mol. The van der Waals surface area contributed by atoms with Gasteiger partial charge in [0, 0.05) is 11.5 Å². The monoisotopic (exact) mass is 434 g/mol. The molecule has 6 nitrogen and oxygen atoms in total. The van der Waals surface area contributed by atoms with Crippen LogP contribution in [-0.2, 0) is 6.42 Å². The molecular weight excluding hydrogens is 412 g/mol. The highest BCUT2D eigenvalue weighted by Gasteiger charge is 2.45. The molecule has 2 unspecified atom stereocenters. The maximum atomic E-state index is 11.4. The van der Waals surface area contributed by atoms with Gasteiger partial charge in [-0.1, -0.05) is 17.7 Å². The number of hydrazone groups is 1. The van der Waals surface area contributed by atoms with E-state index in [1.807, 2.05) is 18.2 Å². The van der Waals surface area contributed by atoms with Gasteiger partial charge >= 0.3 is 5.97 Å². The lowest BCUT2D eigenvalue weighted by atomic mass is 9.73. The Morgan fingerprint density at radius 2 is 2.00 bits per heavy atom. The van der Waals surface area contributed by atoms with E-state index in [1.54, 1.807) is 18.2 Å². The summed E-state index contributed by atoms with van der Waals surface area (Å²) in [7, 11) is 0. The van der Waals surface area contributed by atoms with Gasteiger partial charge in [-0.3, -0.25) is 5.01 Å². The number of carboxylic acid groups (broad SMARTS) is 1. The number of hydrogen-bond donors (Lipinski definition) is 2. The van der Waals surface area contributed by atoms with Crippen molar-refractivity contribution in [3.8, 4) is 6.07 Å². The Balaban J connectivity index is 1.58. The lowest BCUT2D eigenvalue weighted by Crippen LogP contribution is -2.45.